The number of thioether (sulfide) groups is 1. The molecule has 0 fully saturated rings. The molecule has 0 heterocycles. The predicted octanol–water partition coefficient (Wildman–Crippen LogP) is 4.47. The van der Waals surface area contributed by atoms with Crippen molar-refractivity contribution in [2.45, 2.75) is 38.5 Å². The van der Waals surface area contributed by atoms with Crippen LogP contribution in [0.2, 0.25) is 0 Å². The summed E-state index contributed by atoms with van der Waals surface area (Å²) >= 11 is 5.44. The van der Waals surface area contributed by atoms with E-state index >= 15 is 0 Å². The molecule has 1 rings (SSSR count). The summed E-state index contributed by atoms with van der Waals surface area (Å²) in [5.41, 5.74) is 1.22. The van der Waals surface area contributed by atoms with E-state index in [0.717, 1.165) is 36.3 Å². The van der Waals surface area contributed by atoms with Crippen LogP contribution in [0.25, 0.3) is 0 Å². The van der Waals surface area contributed by atoms with Gasteiger partial charge in [-0.2, -0.15) is 11.8 Å². The maximum absolute atomic E-state index is 5.78. The highest BCUT2D eigenvalue weighted by atomic mass is 79.9. The van der Waals surface area contributed by atoms with Crippen LogP contribution in [0.15, 0.2) is 22.7 Å². The van der Waals surface area contributed by atoms with Crippen molar-refractivity contribution in [2.75, 3.05) is 19.4 Å². The minimum Gasteiger partial charge on any atom is -0.493 e. The van der Waals surface area contributed by atoms with Crippen molar-refractivity contribution in [1.29, 1.82) is 0 Å². The molecule has 1 atom stereocenters. The lowest BCUT2D eigenvalue weighted by molar-refractivity contribution is 0.313. The lowest BCUT2D eigenvalue weighted by atomic mass is 10.2. The molecule has 0 radical (unpaired) electrons. The highest BCUT2D eigenvalue weighted by molar-refractivity contribution is 9.10. The van der Waals surface area contributed by atoms with Crippen LogP contribution >= 0.6 is 27.7 Å². The van der Waals surface area contributed by atoms with Crippen LogP contribution < -0.4 is 10.1 Å². The van der Waals surface area contributed by atoms with Crippen molar-refractivity contribution in [3.8, 4) is 5.75 Å². The Morgan fingerprint density at radius 3 is 2.89 bits per heavy atom. The van der Waals surface area contributed by atoms with E-state index < -0.39 is 0 Å². The lowest BCUT2D eigenvalue weighted by Crippen LogP contribution is -2.18. The summed E-state index contributed by atoms with van der Waals surface area (Å²) in [6.07, 6.45) is 4.39. The van der Waals surface area contributed by atoms with Crippen LogP contribution in [0.1, 0.15) is 32.3 Å². The minimum absolute atomic E-state index is 0.714. The number of benzene rings is 1. The van der Waals surface area contributed by atoms with Gasteiger partial charge in [0.1, 0.15) is 5.75 Å². The van der Waals surface area contributed by atoms with Crippen LogP contribution in [0.4, 0.5) is 0 Å². The SMILES string of the molecule is CCCOc1ccc(Br)cc1CNCCC(C)SC. The largest absolute Gasteiger partial charge is 0.493 e. The average molecular weight is 346 g/mol. The first-order valence-electron chi connectivity index (χ1n) is 6.82. The van der Waals surface area contributed by atoms with Gasteiger partial charge in [-0.25, -0.2) is 0 Å². The lowest BCUT2D eigenvalue weighted by Gasteiger charge is -2.13. The Kier molecular flexibility index (Phi) is 8.58. The molecule has 1 aromatic carbocycles. The maximum atomic E-state index is 5.78. The molecule has 0 amide bonds. The van der Waals surface area contributed by atoms with E-state index in [4.69, 9.17) is 4.74 Å². The molecule has 108 valence electrons. The van der Waals surface area contributed by atoms with E-state index in [-0.39, 0.29) is 0 Å². The quantitative estimate of drug-likeness (QED) is 0.667. The Hall–Kier alpha value is -0.190. The smallest absolute Gasteiger partial charge is 0.123 e. The summed E-state index contributed by atoms with van der Waals surface area (Å²) in [6, 6.07) is 6.21. The monoisotopic (exact) mass is 345 g/mol. The van der Waals surface area contributed by atoms with E-state index in [1.54, 1.807) is 0 Å². The molecule has 1 aromatic rings. The summed E-state index contributed by atoms with van der Waals surface area (Å²) in [7, 11) is 0. The predicted molar refractivity (Wildman–Crippen MR) is 89.2 cm³/mol. The Labute approximate surface area is 129 Å². The third-order valence-corrected chi connectivity index (χ3v) is 4.46. The maximum Gasteiger partial charge on any atom is 0.123 e. The van der Waals surface area contributed by atoms with Gasteiger partial charge in [0, 0.05) is 21.8 Å². The van der Waals surface area contributed by atoms with Crippen molar-refractivity contribution in [2.24, 2.45) is 0 Å². The molecule has 2 nitrogen and oxygen atoms in total. The van der Waals surface area contributed by atoms with Crippen LogP contribution in [0.3, 0.4) is 0 Å². The van der Waals surface area contributed by atoms with Crippen molar-refractivity contribution < 1.29 is 4.74 Å². The van der Waals surface area contributed by atoms with Gasteiger partial charge in [0.15, 0.2) is 0 Å². The van der Waals surface area contributed by atoms with Gasteiger partial charge in [-0.1, -0.05) is 29.8 Å². The number of nitrogens with one attached hydrogen (secondary N) is 1. The summed E-state index contributed by atoms with van der Waals surface area (Å²) in [5.74, 6) is 0.996. The number of ether oxygens (including phenoxy) is 1. The summed E-state index contributed by atoms with van der Waals surface area (Å²) in [6.45, 7) is 7.07. The van der Waals surface area contributed by atoms with Crippen molar-refractivity contribution >= 4 is 27.7 Å². The van der Waals surface area contributed by atoms with Gasteiger partial charge in [-0.05, 0) is 43.8 Å². The van der Waals surface area contributed by atoms with Crippen LogP contribution in [0.5, 0.6) is 5.75 Å². The topological polar surface area (TPSA) is 21.3 Å². The molecule has 1 unspecified atom stereocenters. The van der Waals surface area contributed by atoms with Crippen LogP contribution in [-0.4, -0.2) is 24.7 Å². The van der Waals surface area contributed by atoms with Crippen molar-refractivity contribution in [3.63, 3.8) is 0 Å². The molecule has 0 bridgehead atoms. The Morgan fingerprint density at radius 2 is 2.21 bits per heavy atom. The van der Waals surface area contributed by atoms with E-state index in [1.165, 1.54) is 12.0 Å². The van der Waals surface area contributed by atoms with Crippen LogP contribution in [0, 0.1) is 0 Å². The first kappa shape index (κ1) is 16.9. The second kappa shape index (κ2) is 9.67. The zero-order chi connectivity index (χ0) is 14.1. The van der Waals surface area contributed by atoms with Crippen LogP contribution in [-0.2, 0) is 6.54 Å². The highest BCUT2D eigenvalue weighted by Gasteiger charge is 2.05. The molecule has 0 saturated carbocycles. The Bertz CT molecular complexity index is 373. The fourth-order valence-electron chi connectivity index (χ4n) is 1.69. The van der Waals surface area contributed by atoms with Crippen molar-refractivity contribution in [3.05, 3.63) is 28.2 Å². The molecule has 0 aliphatic rings. The second-order valence-corrected chi connectivity index (χ2v) is 6.80. The zero-order valence-electron chi connectivity index (χ0n) is 12.0. The normalized spacial score (nSPS) is 12.4. The van der Waals surface area contributed by atoms with Gasteiger partial charge >= 0.3 is 0 Å². The fraction of sp³-hybridized carbons (Fsp3) is 0.600. The zero-order valence-corrected chi connectivity index (χ0v) is 14.4. The summed E-state index contributed by atoms with van der Waals surface area (Å²) in [4.78, 5) is 0. The average Bonchev–Trinajstić information content (AvgIpc) is 2.42. The van der Waals surface area contributed by atoms with Gasteiger partial charge in [0.05, 0.1) is 6.61 Å². The van der Waals surface area contributed by atoms with E-state index in [0.29, 0.717) is 5.25 Å². The standard InChI is InChI=1S/C15H24BrNOS/c1-4-9-18-15-6-5-14(16)10-13(15)11-17-8-7-12(2)19-3/h5-6,10,12,17H,4,7-9,11H2,1-3H3. The third-order valence-electron chi connectivity index (χ3n) is 2.93. The van der Waals surface area contributed by atoms with Gasteiger partial charge in [0.2, 0.25) is 0 Å². The molecule has 0 aliphatic heterocycles. The van der Waals surface area contributed by atoms with Gasteiger partial charge in [-0.3, -0.25) is 0 Å². The second-order valence-electron chi connectivity index (χ2n) is 4.61. The third kappa shape index (κ3) is 6.68. The Morgan fingerprint density at radius 1 is 1.42 bits per heavy atom. The number of rotatable bonds is 9. The molecule has 1 N–H and O–H groups in total. The Balaban J connectivity index is 2.48. The van der Waals surface area contributed by atoms with Gasteiger partial charge < -0.3 is 10.1 Å². The number of hydrogen-bond acceptors (Lipinski definition) is 3. The number of hydrogen-bond donors (Lipinski definition) is 1. The minimum atomic E-state index is 0.714. The van der Waals surface area contributed by atoms with Gasteiger partial charge in [0.25, 0.3) is 0 Å². The fourth-order valence-corrected chi connectivity index (χ4v) is 2.45. The first-order valence-corrected chi connectivity index (χ1v) is 8.90. The van der Waals surface area contributed by atoms with E-state index in [1.807, 2.05) is 23.9 Å². The molecule has 0 aromatic heterocycles. The molecule has 4 heteroatoms. The summed E-state index contributed by atoms with van der Waals surface area (Å²) in [5, 5.41) is 4.21. The molecule has 0 aliphatic carbocycles. The first-order chi connectivity index (χ1) is 9.17. The highest BCUT2D eigenvalue weighted by Crippen LogP contribution is 2.23. The molecular weight excluding hydrogens is 322 g/mol. The molecule has 0 saturated heterocycles. The number of halogens is 1. The van der Waals surface area contributed by atoms with E-state index in [2.05, 4.69) is 47.4 Å². The van der Waals surface area contributed by atoms with Gasteiger partial charge in [-0.15, -0.1) is 0 Å². The molecule has 19 heavy (non-hydrogen) atoms. The van der Waals surface area contributed by atoms with E-state index in [9.17, 15) is 0 Å². The molecule has 0 spiro atoms. The van der Waals surface area contributed by atoms with Crippen molar-refractivity contribution in [1.82, 2.24) is 5.32 Å². The molecular formula is C15H24BrNOS. The summed E-state index contributed by atoms with van der Waals surface area (Å²) < 4.78 is 6.88.